The summed E-state index contributed by atoms with van der Waals surface area (Å²) in [6.45, 7) is 0.0263. The van der Waals surface area contributed by atoms with E-state index in [0.717, 1.165) is 28.2 Å². The number of alkyl halides is 3. The third kappa shape index (κ3) is 4.11. The molecular formula is C17H16F3N5O. The lowest BCUT2D eigenvalue weighted by molar-refractivity contribution is -0.142. The Morgan fingerprint density at radius 1 is 1.19 bits per heavy atom. The third-order valence-corrected chi connectivity index (χ3v) is 3.73. The maximum atomic E-state index is 12.5. The van der Waals surface area contributed by atoms with Crippen LogP contribution < -0.4 is 0 Å². The molecule has 2 heterocycles. The predicted molar refractivity (Wildman–Crippen MR) is 87.3 cm³/mol. The molecule has 26 heavy (non-hydrogen) atoms. The number of carbonyl (C=O) groups is 1. The van der Waals surface area contributed by atoms with Crippen LogP contribution in [-0.2, 0) is 24.1 Å². The fraction of sp³-hybridized carbons (Fsp3) is 0.235. The van der Waals surface area contributed by atoms with Gasteiger partial charge in [-0.1, -0.05) is 18.2 Å². The van der Waals surface area contributed by atoms with Gasteiger partial charge in [-0.25, -0.2) is 4.68 Å². The molecule has 3 aromatic rings. The van der Waals surface area contributed by atoms with E-state index in [1.54, 1.807) is 24.1 Å². The molecular weight excluding hydrogens is 347 g/mol. The molecule has 0 aliphatic heterocycles. The van der Waals surface area contributed by atoms with Gasteiger partial charge in [0.05, 0.1) is 11.9 Å². The van der Waals surface area contributed by atoms with Crippen LogP contribution in [-0.4, -0.2) is 37.4 Å². The van der Waals surface area contributed by atoms with E-state index in [-0.39, 0.29) is 12.5 Å². The Morgan fingerprint density at radius 3 is 2.58 bits per heavy atom. The lowest BCUT2D eigenvalue weighted by Crippen LogP contribution is -2.30. The van der Waals surface area contributed by atoms with Crippen LogP contribution in [0, 0.1) is 0 Å². The van der Waals surface area contributed by atoms with Crippen molar-refractivity contribution in [3.05, 3.63) is 66.2 Å². The van der Waals surface area contributed by atoms with Crippen molar-refractivity contribution < 1.29 is 18.0 Å². The molecule has 6 nitrogen and oxygen atoms in total. The molecule has 0 saturated carbocycles. The second-order valence-electron chi connectivity index (χ2n) is 5.77. The second-order valence-corrected chi connectivity index (χ2v) is 5.77. The van der Waals surface area contributed by atoms with E-state index in [1.807, 2.05) is 30.3 Å². The SMILES string of the molecule is CN(Cc1cnn(-c2ccccc2)c1)C(=O)Cn1ccc(C(F)(F)F)n1. The first-order chi connectivity index (χ1) is 12.3. The Kier molecular flexibility index (Phi) is 4.79. The zero-order chi connectivity index (χ0) is 18.7. The zero-order valence-corrected chi connectivity index (χ0v) is 13.9. The van der Waals surface area contributed by atoms with Crippen molar-refractivity contribution in [3.8, 4) is 5.69 Å². The Morgan fingerprint density at radius 2 is 1.92 bits per heavy atom. The summed E-state index contributed by atoms with van der Waals surface area (Å²) >= 11 is 0. The number of aromatic nitrogens is 4. The third-order valence-electron chi connectivity index (χ3n) is 3.73. The monoisotopic (exact) mass is 363 g/mol. The van der Waals surface area contributed by atoms with Crippen molar-refractivity contribution in [2.45, 2.75) is 19.3 Å². The summed E-state index contributed by atoms with van der Waals surface area (Å²) in [6.07, 6.45) is 0.0649. The van der Waals surface area contributed by atoms with Crippen molar-refractivity contribution in [1.82, 2.24) is 24.5 Å². The van der Waals surface area contributed by atoms with Gasteiger partial charge in [0.2, 0.25) is 5.91 Å². The van der Waals surface area contributed by atoms with Crippen LogP contribution in [0.5, 0.6) is 0 Å². The highest BCUT2D eigenvalue weighted by Crippen LogP contribution is 2.27. The number of amides is 1. The highest BCUT2D eigenvalue weighted by atomic mass is 19.4. The molecule has 0 unspecified atom stereocenters. The highest BCUT2D eigenvalue weighted by molar-refractivity contribution is 5.75. The number of halogens is 3. The molecule has 1 amide bonds. The maximum absolute atomic E-state index is 12.5. The quantitative estimate of drug-likeness (QED) is 0.700. The average Bonchev–Trinajstić information content (AvgIpc) is 3.25. The molecule has 0 N–H and O–H groups in total. The Balaban J connectivity index is 1.61. The number of likely N-dealkylation sites (N-methyl/N-ethyl adjacent to an activating group) is 1. The summed E-state index contributed by atoms with van der Waals surface area (Å²) in [5, 5.41) is 7.63. The van der Waals surface area contributed by atoms with Gasteiger partial charge < -0.3 is 4.90 Å². The number of nitrogens with zero attached hydrogens (tertiary/aromatic N) is 5. The summed E-state index contributed by atoms with van der Waals surface area (Å²) < 4.78 is 40.3. The second kappa shape index (κ2) is 7.03. The molecule has 9 heteroatoms. The molecule has 1 aromatic carbocycles. The van der Waals surface area contributed by atoms with Gasteiger partial charge in [-0.2, -0.15) is 23.4 Å². The topological polar surface area (TPSA) is 56.0 Å². The maximum Gasteiger partial charge on any atom is 0.435 e. The van der Waals surface area contributed by atoms with Gasteiger partial charge in [-0.15, -0.1) is 0 Å². The van der Waals surface area contributed by atoms with Crippen LogP contribution in [0.4, 0.5) is 13.2 Å². The number of hydrogen-bond donors (Lipinski definition) is 0. The van der Waals surface area contributed by atoms with Crippen LogP contribution in [0.3, 0.4) is 0 Å². The number of hydrogen-bond acceptors (Lipinski definition) is 3. The van der Waals surface area contributed by atoms with Crippen LogP contribution in [0.1, 0.15) is 11.3 Å². The standard InChI is InChI=1S/C17H16F3N5O/c1-23(16(26)12-24-8-7-15(22-24)17(18,19)20)10-13-9-21-25(11-13)14-5-3-2-4-6-14/h2-9,11H,10,12H2,1H3. The summed E-state index contributed by atoms with van der Waals surface area (Å²) in [4.78, 5) is 13.6. The van der Waals surface area contributed by atoms with Crippen LogP contribution in [0.2, 0.25) is 0 Å². The van der Waals surface area contributed by atoms with E-state index in [0.29, 0.717) is 6.54 Å². The molecule has 3 rings (SSSR count). The molecule has 0 fully saturated rings. The number of para-hydroxylation sites is 1. The normalized spacial score (nSPS) is 11.5. The molecule has 136 valence electrons. The van der Waals surface area contributed by atoms with E-state index in [4.69, 9.17) is 0 Å². The molecule has 2 aromatic heterocycles. The van der Waals surface area contributed by atoms with Crippen molar-refractivity contribution >= 4 is 5.91 Å². The summed E-state index contributed by atoms with van der Waals surface area (Å²) in [5.41, 5.74) is 0.683. The highest BCUT2D eigenvalue weighted by Gasteiger charge is 2.33. The van der Waals surface area contributed by atoms with Crippen LogP contribution in [0.25, 0.3) is 5.69 Å². The minimum absolute atomic E-state index is 0.264. The summed E-state index contributed by atoms with van der Waals surface area (Å²) in [6, 6.07) is 10.3. The van der Waals surface area contributed by atoms with Crippen molar-refractivity contribution in [2.24, 2.45) is 0 Å². The van der Waals surface area contributed by atoms with Gasteiger partial charge in [0.15, 0.2) is 5.69 Å². The Hall–Kier alpha value is -3.10. The molecule has 0 aliphatic rings. The number of carbonyl (C=O) groups excluding carboxylic acids is 1. The molecule has 0 radical (unpaired) electrons. The first kappa shape index (κ1) is 17.7. The minimum atomic E-state index is -4.52. The van der Waals surface area contributed by atoms with Gasteiger partial charge in [0, 0.05) is 31.5 Å². The molecule has 0 aliphatic carbocycles. The lowest BCUT2D eigenvalue weighted by atomic mass is 10.3. The minimum Gasteiger partial charge on any atom is -0.340 e. The fourth-order valence-electron chi connectivity index (χ4n) is 2.39. The Labute approximate surface area is 147 Å². The van der Waals surface area contributed by atoms with Crippen LogP contribution in [0.15, 0.2) is 55.0 Å². The van der Waals surface area contributed by atoms with Gasteiger partial charge >= 0.3 is 6.18 Å². The molecule has 0 saturated heterocycles. The average molecular weight is 363 g/mol. The van der Waals surface area contributed by atoms with E-state index in [1.165, 1.54) is 4.90 Å². The van der Waals surface area contributed by atoms with E-state index in [9.17, 15) is 18.0 Å². The summed E-state index contributed by atoms with van der Waals surface area (Å²) in [7, 11) is 1.58. The molecule has 0 atom stereocenters. The van der Waals surface area contributed by atoms with Crippen molar-refractivity contribution in [2.75, 3.05) is 7.05 Å². The number of rotatable bonds is 5. The summed E-state index contributed by atoms with van der Waals surface area (Å²) in [5.74, 6) is -0.353. The smallest absolute Gasteiger partial charge is 0.340 e. The van der Waals surface area contributed by atoms with Gasteiger partial charge in [-0.3, -0.25) is 9.48 Å². The Bertz CT molecular complexity index is 885. The largest absolute Gasteiger partial charge is 0.435 e. The number of benzene rings is 1. The van der Waals surface area contributed by atoms with E-state index >= 15 is 0 Å². The molecule has 0 bridgehead atoms. The molecule has 0 spiro atoms. The van der Waals surface area contributed by atoms with Gasteiger partial charge in [0.25, 0.3) is 0 Å². The van der Waals surface area contributed by atoms with E-state index in [2.05, 4.69) is 10.2 Å². The van der Waals surface area contributed by atoms with Gasteiger partial charge in [-0.05, 0) is 18.2 Å². The van der Waals surface area contributed by atoms with Crippen LogP contribution >= 0.6 is 0 Å². The van der Waals surface area contributed by atoms with Crippen molar-refractivity contribution in [1.29, 1.82) is 0 Å². The zero-order valence-electron chi connectivity index (χ0n) is 13.9. The fourth-order valence-corrected chi connectivity index (χ4v) is 2.39. The predicted octanol–water partition coefficient (Wildman–Crippen LogP) is 2.75. The lowest BCUT2D eigenvalue weighted by Gasteiger charge is -2.16. The van der Waals surface area contributed by atoms with E-state index < -0.39 is 11.9 Å². The first-order valence-corrected chi connectivity index (χ1v) is 7.76. The van der Waals surface area contributed by atoms with Gasteiger partial charge in [0.1, 0.15) is 6.54 Å². The van der Waals surface area contributed by atoms with Crippen molar-refractivity contribution in [3.63, 3.8) is 0 Å². The first-order valence-electron chi connectivity index (χ1n) is 7.76.